The maximum absolute atomic E-state index is 12.3. The molecule has 1 atom stereocenters. The van der Waals surface area contributed by atoms with E-state index in [9.17, 15) is 4.79 Å². The predicted molar refractivity (Wildman–Crippen MR) is 63.5 cm³/mol. The molecule has 1 aromatic rings. The van der Waals surface area contributed by atoms with Gasteiger partial charge in [0.05, 0.1) is 12.5 Å². The van der Waals surface area contributed by atoms with Crippen LogP contribution in [0.4, 0.5) is 0 Å². The van der Waals surface area contributed by atoms with E-state index in [0.717, 1.165) is 32.5 Å². The van der Waals surface area contributed by atoms with Crippen LogP contribution in [0.1, 0.15) is 17.7 Å². The molecule has 3 heterocycles. The molecule has 3 rings (SSSR count). The Morgan fingerprint density at radius 3 is 3.18 bits per heavy atom. The predicted octanol–water partition coefficient (Wildman–Crippen LogP) is 0.946. The van der Waals surface area contributed by atoms with Crippen LogP contribution in [0.15, 0.2) is 12.3 Å². The minimum atomic E-state index is 0.0975. The fourth-order valence-electron chi connectivity index (χ4n) is 2.80. The van der Waals surface area contributed by atoms with E-state index in [0.29, 0.717) is 6.61 Å². The first-order valence-corrected chi connectivity index (χ1v) is 6.25. The molecule has 0 spiro atoms. The highest BCUT2D eigenvalue weighted by Crippen LogP contribution is 2.23. The monoisotopic (exact) mass is 234 g/mol. The second-order valence-corrected chi connectivity index (χ2v) is 4.97. The molecule has 1 amide bonds. The van der Waals surface area contributed by atoms with Gasteiger partial charge >= 0.3 is 0 Å². The van der Waals surface area contributed by atoms with Gasteiger partial charge in [-0.1, -0.05) is 0 Å². The molecule has 0 saturated carbocycles. The topological polar surface area (TPSA) is 34.5 Å². The standard InChI is InChI=1S/C13H18N2O2/c1-14-5-2-10-8-15(6-3-12(10)14)13(16)11-4-7-17-9-11/h2,5,11H,3-4,6-9H2,1H3. The van der Waals surface area contributed by atoms with Crippen LogP contribution in [-0.4, -0.2) is 35.1 Å². The maximum atomic E-state index is 12.3. The normalized spacial score (nSPS) is 23.8. The Morgan fingerprint density at radius 2 is 2.41 bits per heavy atom. The van der Waals surface area contributed by atoms with Crippen LogP contribution in [0.2, 0.25) is 0 Å². The molecule has 17 heavy (non-hydrogen) atoms. The highest BCUT2D eigenvalue weighted by Gasteiger charge is 2.30. The third-order valence-electron chi connectivity index (χ3n) is 3.87. The first-order chi connectivity index (χ1) is 8.25. The number of hydrogen-bond acceptors (Lipinski definition) is 2. The summed E-state index contributed by atoms with van der Waals surface area (Å²) in [5.41, 5.74) is 2.67. The Hall–Kier alpha value is -1.29. The van der Waals surface area contributed by atoms with Gasteiger partial charge in [-0.15, -0.1) is 0 Å². The molecule has 0 N–H and O–H groups in total. The largest absolute Gasteiger partial charge is 0.381 e. The van der Waals surface area contributed by atoms with E-state index in [1.165, 1.54) is 11.3 Å². The summed E-state index contributed by atoms with van der Waals surface area (Å²) < 4.78 is 7.45. The van der Waals surface area contributed by atoms with Crippen LogP contribution < -0.4 is 0 Å². The minimum absolute atomic E-state index is 0.0975. The summed E-state index contributed by atoms with van der Waals surface area (Å²) in [4.78, 5) is 14.2. The Kier molecular flexibility index (Phi) is 2.67. The van der Waals surface area contributed by atoms with Crippen LogP contribution in [-0.2, 0) is 29.5 Å². The number of ether oxygens (including phenoxy) is 1. The molecule has 0 radical (unpaired) electrons. The Morgan fingerprint density at radius 1 is 1.53 bits per heavy atom. The Bertz CT molecular complexity index is 433. The first kappa shape index (κ1) is 10.8. The lowest BCUT2D eigenvalue weighted by Crippen LogP contribution is -2.40. The molecule has 92 valence electrons. The van der Waals surface area contributed by atoms with Crippen molar-refractivity contribution in [1.82, 2.24) is 9.47 Å². The van der Waals surface area contributed by atoms with Gasteiger partial charge in [0.25, 0.3) is 0 Å². The van der Waals surface area contributed by atoms with Crippen LogP contribution in [0.5, 0.6) is 0 Å². The average Bonchev–Trinajstić information content (AvgIpc) is 2.98. The van der Waals surface area contributed by atoms with Crippen molar-refractivity contribution in [3.8, 4) is 0 Å². The lowest BCUT2D eigenvalue weighted by Gasteiger charge is -2.29. The van der Waals surface area contributed by atoms with Crippen molar-refractivity contribution in [2.45, 2.75) is 19.4 Å². The molecule has 2 aliphatic rings. The highest BCUT2D eigenvalue weighted by molar-refractivity contribution is 5.79. The van der Waals surface area contributed by atoms with Crippen molar-refractivity contribution in [3.05, 3.63) is 23.5 Å². The van der Waals surface area contributed by atoms with Crippen LogP contribution in [0, 0.1) is 5.92 Å². The third-order valence-corrected chi connectivity index (χ3v) is 3.87. The number of carbonyl (C=O) groups excluding carboxylic acids is 1. The highest BCUT2D eigenvalue weighted by atomic mass is 16.5. The second-order valence-electron chi connectivity index (χ2n) is 4.97. The summed E-state index contributed by atoms with van der Waals surface area (Å²) in [7, 11) is 2.07. The zero-order chi connectivity index (χ0) is 11.8. The van der Waals surface area contributed by atoms with E-state index in [-0.39, 0.29) is 11.8 Å². The van der Waals surface area contributed by atoms with Crippen molar-refractivity contribution < 1.29 is 9.53 Å². The SMILES string of the molecule is Cn1ccc2c1CCN(C(=O)C1CCOC1)C2. The van der Waals surface area contributed by atoms with Crippen molar-refractivity contribution >= 4 is 5.91 Å². The molecule has 1 aromatic heterocycles. The van der Waals surface area contributed by atoms with E-state index in [1.807, 2.05) is 4.90 Å². The quantitative estimate of drug-likeness (QED) is 0.725. The van der Waals surface area contributed by atoms with E-state index in [1.54, 1.807) is 0 Å². The van der Waals surface area contributed by atoms with E-state index in [4.69, 9.17) is 4.74 Å². The van der Waals surface area contributed by atoms with Gasteiger partial charge in [-0.25, -0.2) is 0 Å². The lowest BCUT2D eigenvalue weighted by molar-refractivity contribution is -0.136. The number of amides is 1. The number of carbonyl (C=O) groups is 1. The number of nitrogens with zero attached hydrogens (tertiary/aromatic N) is 2. The van der Waals surface area contributed by atoms with Crippen molar-refractivity contribution in [3.63, 3.8) is 0 Å². The molecule has 4 heteroatoms. The molecule has 0 bridgehead atoms. The van der Waals surface area contributed by atoms with Gasteiger partial charge in [0.1, 0.15) is 0 Å². The molecule has 1 saturated heterocycles. The van der Waals surface area contributed by atoms with Gasteiger partial charge in [-0.2, -0.15) is 0 Å². The van der Waals surface area contributed by atoms with E-state index < -0.39 is 0 Å². The van der Waals surface area contributed by atoms with E-state index in [2.05, 4.69) is 23.9 Å². The number of rotatable bonds is 1. The molecular formula is C13H18N2O2. The minimum Gasteiger partial charge on any atom is -0.381 e. The fraction of sp³-hybridized carbons (Fsp3) is 0.615. The van der Waals surface area contributed by atoms with Crippen molar-refractivity contribution in [1.29, 1.82) is 0 Å². The van der Waals surface area contributed by atoms with Crippen molar-refractivity contribution in [2.75, 3.05) is 19.8 Å². The van der Waals surface area contributed by atoms with Gasteiger partial charge in [0, 0.05) is 45.1 Å². The van der Waals surface area contributed by atoms with Gasteiger partial charge in [0.2, 0.25) is 5.91 Å². The van der Waals surface area contributed by atoms with Crippen LogP contribution in [0.25, 0.3) is 0 Å². The Labute approximate surface area is 101 Å². The second kappa shape index (κ2) is 4.18. The average molecular weight is 234 g/mol. The summed E-state index contributed by atoms with van der Waals surface area (Å²) in [5.74, 6) is 0.372. The molecule has 2 aliphatic heterocycles. The summed E-state index contributed by atoms with van der Waals surface area (Å²) >= 11 is 0. The Balaban J connectivity index is 1.73. The third kappa shape index (κ3) is 1.86. The zero-order valence-corrected chi connectivity index (χ0v) is 10.2. The summed E-state index contributed by atoms with van der Waals surface area (Å²) in [6.07, 6.45) is 3.94. The number of hydrogen-bond donors (Lipinski definition) is 0. The van der Waals surface area contributed by atoms with E-state index >= 15 is 0 Å². The van der Waals surface area contributed by atoms with Gasteiger partial charge in [0.15, 0.2) is 0 Å². The smallest absolute Gasteiger partial charge is 0.228 e. The molecule has 0 aliphatic carbocycles. The fourth-order valence-corrected chi connectivity index (χ4v) is 2.80. The van der Waals surface area contributed by atoms with Crippen LogP contribution >= 0.6 is 0 Å². The van der Waals surface area contributed by atoms with Gasteiger partial charge in [-0.05, 0) is 18.1 Å². The summed E-state index contributed by atoms with van der Waals surface area (Å²) in [5, 5.41) is 0. The molecular weight excluding hydrogens is 216 g/mol. The molecule has 0 aromatic carbocycles. The maximum Gasteiger partial charge on any atom is 0.228 e. The lowest BCUT2D eigenvalue weighted by atomic mass is 10.0. The zero-order valence-electron chi connectivity index (χ0n) is 10.2. The summed E-state index contributed by atoms with van der Waals surface area (Å²) in [6, 6.07) is 2.12. The molecule has 4 nitrogen and oxygen atoms in total. The molecule has 1 fully saturated rings. The van der Waals surface area contributed by atoms with Crippen molar-refractivity contribution in [2.24, 2.45) is 13.0 Å². The summed E-state index contributed by atoms with van der Waals surface area (Å²) in [6.45, 7) is 2.96. The molecule has 1 unspecified atom stereocenters. The number of aromatic nitrogens is 1. The van der Waals surface area contributed by atoms with Crippen LogP contribution in [0.3, 0.4) is 0 Å². The number of aryl methyl sites for hydroxylation is 1. The van der Waals surface area contributed by atoms with Gasteiger partial charge in [-0.3, -0.25) is 4.79 Å². The van der Waals surface area contributed by atoms with Gasteiger partial charge < -0.3 is 14.2 Å². The first-order valence-electron chi connectivity index (χ1n) is 6.25. The number of fused-ring (bicyclic) bond motifs is 1.